The summed E-state index contributed by atoms with van der Waals surface area (Å²) in [5.41, 5.74) is 1.82. The molecule has 30 heteroatoms. The van der Waals surface area contributed by atoms with Gasteiger partial charge in [-0.1, -0.05) is 46.7 Å². The highest BCUT2D eigenvalue weighted by molar-refractivity contribution is 7.09. The van der Waals surface area contributed by atoms with Crippen molar-refractivity contribution >= 4 is 58.1 Å². The van der Waals surface area contributed by atoms with Gasteiger partial charge in [-0.25, -0.2) is 19.9 Å². The lowest BCUT2D eigenvalue weighted by atomic mass is 10.0. The second-order valence-electron chi connectivity index (χ2n) is 28.2. The van der Waals surface area contributed by atoms with E-state index in [4.69, 9.17) is 13.4 Å². The number of hydrogen-bond donors (Lipinski definition) is 7. The summed E-state index contributed by atoms with van der Waals surface area (Å²) in [5.74, 6) is 7.50. The van der Waals surface area contributed by atoms with Crippen LogP contribution in [-0.4, -0.2) is 218 Å². The molecule has 0 bridgehead atoms. The van der Waals surface area contributed by atoms with E-state index in [0.717, 1.165) is 144 Å². The number of nitrogens with one attached hydrogen (secondary N) is 7. The average molecular weight is 1450 g/mol. The van der Waals surface area contributed by atoms with Crippen molar-refractivity contribution in [2.45, 2.75) is 194 Å². The van der Waals surface area contributed by atoms with Crippen LogP contribution >= 0.6 is 22.7 Å². The van der Waals surface area contributed by atoms with Gasteiger partial charge in [0.2, 0.25) is 41.3 Å². The number of nitrogens with zero attached hydrogens (tertiary/aromatic N) is 12. The number of likely N-dealkylation sites (N-methyl/N-ethyl adjacent to an activating group) is 6. The minimum atomic E-state index is -0.0811. The van der Waals surface area contributed by atoms with Crippen molar-refractivity contribution in [3.8, 4) is 0 Å². The van der Waals surface area contributed by atoms with Gasteiger partial charge in [0.1, 0.15) is 22.9 Å². The highest BCUT2D eigenvalue weighted by Gasteiger charge is 2.35. The summed E-state index contributed by atoms with van der Waals surface area (Å²) in [7, 11) is 11.1. The molecule has 6 aliphatic heterocycles. The Hall–Kier alpha value is -7.32. The van der Waals surface area contributed by atoms with E-state index in [-0.39, 0.29) is 71.7 Å². The molecule has 28 nitrogen and oxygen atoms in total. The molecule has 102 heavy (non-hydrogen) atoms. The predicted octanol–water partition coefficient (Wildman–Crippen LogP) is 6.80. The van der Waals surface area contributed by atoms with Crippen molar-refractivity contribution in [1.82, 2.24) is 96.4 Å². The molecule has 6 saturated heterocycles. The average Bonchev–Trinajstić information content (AvgIpc) is 1.74. The van der Waals surface area contributed by atoms with Gasteiger partial charge in [0, 0.05) is 80.4 Å². The van der Waals surface area contributed by atoms with Crippen LogP contribution in [-0.2, 0) is 68.0 Å². The maximum Gasteiger partial charge on any atom is 0.240 e. The van der Waals surface area contributed by atoms with Crippen LogP contribution in [0.5, 0.6) is 0 Å². The minimum absolute atomic E-state index is 0.0274. The molecule has 12 unspecified atom stereocenters. The number of imidazole rings is 1. The minimum Gasteiger partial charge on any atom is -0.447 e. The van der Waals surface area contributed by atoms with Crippen molar-refractivity contribution in [3.05, 3.63) is 106 Å². The lowest BCUT2D eigenvalue weighted by Gasteiger charge is -2.23. The molecule has 0 radical (unpaired) electrons. The SMILES string of the molecule is CNC1CC(C)CCN(Cc2ccno2)C1=O.CNC1CC(C)CCN(Cc2cnco2)C1=O.CNC1CC(C)CCN(Cc2cncs2)C1=O.CNC1CC(C)CCN(Cc2ncc[nH]2)C1=O.CNC1CC(C)CCN(Cc2ncco2)C1=O.CNC1CC(C)CCN(Cc2nccs2)C1=O. The van der Waals surface area contributed by atoms with Crippen LogP contribution < -0.4 is 31.9 Å². The van der Waals surface area contributed by atoms with Gasteiger partial charge in [-0.15, -0.1) is 22.7 Å². The Morgan fingerprint density at radius 3 is 1.21 bits per heavy atom. The summed E-state index contributed by atoms with van der Waals surface area (Å²) in [6, 6.07) is 1.46. The van der Waals surface area contributed by atoms with Crippen LogP contribution in [0.25, 0.3) is 0 Å². The van der Waals surface area contributed by atoms with Gasteiger partial charge in [0.05, 0.1) is 99.6 Å². The van der Waals surface area contributed by atoms with Crippen LogP contribution in [0.1, 0.15) is 152 Å². The third-order valence-corrected chi connectivity index (χ3v) is 21.5. The van der Waals surface area contributed by atoms with Crippen molar-refractivity contribution in [2.75, 3.05) is 81.6 Å². The number of aromatic amines is 1. The van der Waals surface area contributed by atoms with Crippen LogP contribution in [0.4, 0.5) is 0 Å². The van der Waals surface area contributed by atoms with E-state index in [1.165, 1.54) is 12.7 Å². The zero-order valence-electron chi connectivity index (χ0n) is 62.2. The van der Waals surface area contributed by atoms with Crippen LogP contribution in [0.2, 0.25) is 0 Å². The second kappa shape index (κ2) is 43.1. The maximum absolute atomic E-state index is 12.3. The number of likely N-dealkylation sites (tertiary alicyclic amines) is 6. The number of aromatic nitrogens is 7. The Kier molecular flexibility index (Phi) is 34.6. The molecule has 6 aromatic heterocycles. The lowest BCUT2D eigenvalue weighted by Crippen LogP contribution is -2.43. The fourth-order valence-electron chi connectivity index (χ4n) is 13.4. The van der Waals surface area contributed by atoms with Crippen LogP contribution in [0.3, 0.4) is 0 Å². The molecule has 6 fully saturated rings. The number of H-pyrrole nitrogens is 1. The fraction of sp³-hybridized carbons (Fsp3) is 0.667. The number of rotatable bonds is 18. The highest BCUT2D eigenvalue weighted by Crippen LogP contribution is 2.26. The zero-order valence-corrected chi connectivity index (χ0v) is 63.8. The molecule has 0 aromatic carbocycles. The molecule has 12 heterocycles. The van der Waals surface area contributed by atoms with Crippen LogP contribution in [0, 0.1) is 35.5 Å². The standard InChI is InChI=1S/C12H20N4O.3C12H19N3O2.2C12H19N3OS/c1-9-3-6-16(8-11-14-4-5-15-11)12(17)10(7-9)13-2;1-9-4-6-15(8-10-3-5-14-17-10)12(16)11(7-9)13-2;1-9-3-5-15(8-11-14-4-6-17-11)12(16)10(7-9)13-2;1-9-3-4-15(7-10-6-14-8-17-10)12(16)11(5-9)13-2;1-9-3-5-15(8-11-14-4-6-17-11)12(16)10(7-9)13-2;1-9-3-4-15(7-10-6-14-8-17-10)12(16)11(5-9)13-2/h4-5,9-10,13H,3,6-8H2,1-2H3,(H,14,15);3,5,9,11,13H,4,6-8H2,1-2H3;4,6,9-10,13H,3,5,7-8H2,1-2H3;6,8-9,11,13H,3-5,7H2,1-2H3;4,6,9-10,13H,3,5,7-8H2,1-2H3;6,8-9,11,13H,3-5,7H2,1-2H3. The molecule has 6 amide bonds. The molecule has 6 aliphatic rings. The first kappa shape index (κ1) is 82.0. The molecule has 7 N–H and O–H groups in total. The summed E-state index contributed by atoms with van der Waals surface area (Å²) in [5, 5.41) is 25.3. The normalized spacial score (nSPS) is 26.0. The summed E-state index contributed by atoms with van der Waals surface area (Å²) in [6.45, 7) is 21.5. The smallest absolute Gasteiger partial charge is 0.240 e. The summed E-state index contributed by atoms with van der Waals surface area (Å²) in [4.78, 5) is 110. The van der Waals surface area contributed by atoms with E-state index < -0.39 is 0 Å². The monoisotopic (exact) mass is 1450 g/mol. The Bertz CT molecular complexity index is 2750. The molecule has 12 atom stereocenters. The summed E-state index contributed by atoms with van der Waals surface area (Å²) < 4.78 is 15.4. The Balaban J connectivity index is 0.000000172. The molecule has 564 valence electrons. The van der Waals surface area contributed by atoms with Gasteiger partial charge >= 0.3 is 0 Å². The number of carbonyl (C=O) groups is 6. The predicted molar refractivity (Wildman–Crippen MR) is 392 cm³/mol. The van der Waals surface area contributed by atoms with Gasteiger partial charge in [-0.05, 0) is 155 Å². The first-order valence-electron chi connectivity index (χ1n) is 36.4. The summed E-state index contributed by atoms with van der Waals surface area (Å²) >= 11 is 3.22. The number of hydrogen-bond acceptors (Lipinski definition) is 23. The largest absolute Gasteiger partial charge is 0.447 e. The number of amides is 6. The zero-order chi connectivity index (χ0) is 73.5. The first-order chi connectivity index (χ1) is 49.2. The van der Waals surface area contributed by atoms with E-state index in [1.54, 1.807) is 65.9 Å². The topological polar surface area (TPSA) is 327 Å². The number of carbonyl (C=O) groups excluding carboxylic acids is 6. The quantitative estimate of drug-likeness (QED) is 0.0465. The first-order valence-corrected chi connectivity index (χ1v) is 38.1. The van der Waals surface area contributed by atoms with E-state index in [1.807, 2.05) is 88.8 Å². The van der Waals surface area contributed by atoms with Crippen molar-refractivity contribution in [2.24, 2.45) is 35.5 Å². The highest BCUT2D eigenvalue weighted by atomic mass is 32.1. The van der Waals surface area contributed by atoms with Crippen molar-refractivity contribution in [1.29, 1.82) is 0 Å². The van der Waals surface area contributed by atoms with E-state index >= 15 is 0 Å². The number of oxazole rings is 2. The number of thiazole rings is 2. The fourth-order valence-corrected chi connectivity index (χ4v) is 14.7. The Morgan fingerprint density at radius 1 is 0.441 bits per heavy atom. The molecule has 12 rings (SSSR count). The van der Waals surface area contributed by atoms with Gasteiger partial charge in [-0.3, -0.25) is 33.8 Å². The third-order valence-electron chi connectivity index (χ3n) is 19.9. The van der Waals surface area contributed by atoms with E-state index in [0.29, 0.717) is 80.7 Å². The second-order valence-corrected chi connectivity index (χ2v) is 30.1. The molecular formula is C72H115N19O9S2. The van der Waals surface area contributed by atoms with Gasteiger partial charge < -0.3 is 79.6 Å². The van der Waals surface area contributed by atoms with Crippen molar-refractivity contribution < 1.29 is 42.1 Å². The van der Waals surface area contributed by atoms with Gasteiger partial charge in [0.25, 0.3) is 0 Å². The third kappa shape index (κ3) is 26.1. The Labute approximate surface area is 610 Å². The van der Waals surface area contributed by atoms with E-state index in [2.05, 4.69) is 109 Å². The van der Waals surface area contributed by atoms with Crippen LogP contribution in [0.15, 0.2) is 86.3 Å². The lowest BCUT2D eigenvalue weighted by molar-refractivity contribution is -0.134. The van der Waals surface area contributed by atoms with Gasteiger partial charge in [0.15, 0.2) is 12.2 Å². The Morgan fingerprint density at radius 2 is 0.863 bits per heavy atom. The molecule has 6 aromatic rings. The molecule has 0 saturated carbocycles. The van der Waals surface area contributed by atoms with E-state index in [9.17, 15) is 28.8 Å². The molecule has 0 spiro atoms. The molecule has 0 aliphatic carbocycles. The maximum atomic E-state index is 12.3. The summed E-state index contributed by atoms with van der Waals surface area (Å²) in [6.07, 6.45) is 26.8. The van der Waals surface area contributed by atoms with Gasteiger partial charge in [-0.2, -0.15) is 0 Å². The van der Waals surface area contributed by atoms with Crippen molar-refractivity contribution in [3.63, 3.8) is 0 Å². The molecular weight excluding hydrogens is 1340 g/mol.